The third-order valence-corrected chi connectivity index (χ3v) is 2.99. The predicted molar refractivity (Wildman–Crippen MR) is 67.6 cm³/mol. The van der Waals surface area contributed by atoms with Gasteiger partial charge in [-0.15, -0.1) is 12.4 Å². The predicted octanol–water partition coefficient (Wildman–Crippen LogP) is 2.29. The van der Waals surface area contributed by atoms with Crippen LogP contribution in [0.3, 0.4) is 0 Å². The van der Waals surface area contributed by atoms with Crippen LogP contribution in [0.4, 0.5) is 0 Å². The molecule has 1 aromatic heterocycles. The first-order valence-electron chi connectivity index (χ1n) is 5.52. The molecule has 0 saturated carbocycles. The Kier molecular flexibility index (Phi) is 5.03. The first-order valence-corrected chi connectivity index (χ1v) is 5.52. The van der Waals surface area contributed by atoms with Crippen LogP contribution in [0.2, 0.25) is 0 Å². The summed E-state index contributed by atoms with van der Waals surface area (Å²) in [6.45, 7) is 4.28. The van der Waals surface area contributed by atoms with Crippen LogP contribution < -0.4 is 10.1 Å². The zero-order chi connectivity index (χ0) is 10.7. The van der Waals surface area contributed by atoms with Crippen LogP contribution in [-0.2, 0) is 0 Å². The topological polar surface area (TPSA) is 34.1 Å². The van der Waals surface area contributed by atoms with E-state index in [0.29, 0.717) is 5.92 Å². The summed E-state index contributed by atoms with van der Waals surface area (Å²) in [7, 11) is 1.70. The minimum atomic E-state index is 0. The number of piperidine rings is 1. The molecule has 0 amide bonds. The van der Waals surface area contributed by atoms with Crippen LogP contribution in [0.25, 0.3) is 0 Å². The van der Waals surface area contributed by atoms with Gasteiger partial charge in [0.05, 0.1) is 7.11 Å². The van der Waals surface area contributed by atoms with Gasteiger partial charge in [0.2, 0.25) is 5.88 Å². The first-order chi connectivity index (χ1) is 7.31. The summed E-state index contributed by atoms with van der Waals surface area (Å²) in [5, 5.41) is 3.38. The zero-order valence-corrected chi connectivity index (χ0v) is 10.6. The summed E-state index contributed by atoms with van der Waals surface area (Å²) in [4.78, 5) is 4.33. The Balaban J connectivity index is 0.00000128. The van der Waals surface area contributed by atoms with Gasteiger partial charge in [0, 0.05) is 11.8 Å². The number of nitrogens with zero attached hydrogens (tertiary/aromatic N) is 1. The van der Waals surface area contributed by atoms with Crippen LogP contribution in [0.15, 0.2) is 12.3 Å². The van der Waals surface area contributed by atoms with Crippen LogP contribution >= 0.6 is 12.4 Å². The van der Waals surface area contributed by atoms with Crippen molar-refractivity contribution in [2.45, 2.75) is 25.7 Å². The highest BCUT2D eigenvalue weighted by Gasteiger charge is 2.19. The molecule has 90 valence electrons. The minimum absolute atomic E-state index is 0. The molecule has 2 heterocycles. The Bertz CT molecular complexity index is 338. The van der Waals surface area contributed by atoms with Crippen molar-refractivity contribution in [2.75, 3.05) is 20.2 Å². The van der Waals surface area contributed by atoms with Gasteiger partial charge in [0.15, 0.2) is 0 Å². The van der Waals surface area contributed by atoms with E-state index in [0.717, 1.165) is 19.0 Å². The minimum Gasteiger partial charge on any atom is -0.481 e. The molecule has 1 aliphatic rings. The molecule has 0 aromatic carbocycles. The molecule has 1 saturated heterocycles. The smallest absolute Gasteiger partial charge is 0.216 e. The molecule has 0 atom stereocenters. The molecule has 16 heavy (non-hydrogen) atoms. The molecule has 0 radical (unpaired) electrons. The SMILES string of the molecule is COc1ncc(C)cc1C1CCNCC1.Cl. The molecule has 1 fully saturated rings. The van der Waals surface area contributed by atoms with Gasteiger partial charge in [-0.05, 0) is 50.4 Å². The second-order valence-corrected chi connectivity index (χ2v) is 4.14. The van der Waals surface area contributed by atoms with Crippen molar-refractivity contribution in [1.82, 2.24) is 10.3 Å². The van der Waals surface area contributed by atoms with Gasteiger partial charge < -0.3 is 10.1 Å². The number of rotatable bonds is 2. The van der Waals surface area contributed by atoms with E-state index in [4.69, 9.17) is 4.74 Å². The maximum Gasteiger partial charge on any atom is 0.216 e. The fraction of sp³-hybridized carbons (Fsp3) is 0.583. The Morgan fingerprint density at radius 1 is 1.38 bits per heavy atom. The highest BCUT2D eigenvalue weighted by atomic mass is 35.5. The van der Waals surface area contributed by atoms with E-state index in [2.05, 4.69) is 23.3 Å². The van der Waals surface area contributed by atoms with Gasteiger partial charge >= 0.3 is 0 Å². The largest absolute Gasteiger partial charge is 0.481 e. The zero-order valence-electron chi connectivity index (χ0n) is 9.82. The average molecular weight is 243 g/mol. The van der Waals surface area contributed by atoms with Crippen LogP contribution in [0, 0.1) is 6.92 Å². The lowest BCUT2D eigenvalue weighted by Gasteiger charge is -2.24. The Hall–Kier alpha value is -0.800. The van der Waals surface area contributed by atoms with Crippen molar-refractivity contribution in [2.24, 2.45) is 0 Å². The van der Waals surface area contributed by atoms with E-state index in [-0.39, 0.29) is 12.4 Å². The monoisotopic (exact) mass is 242 g/mol. The lowest BCUT2D eigenvalue weighted by Crippen LogP contribution is -2.27. The standard InChI is InChI=1S/C12H18N2O.ClH/c1-9-7-11(12(15-2)14-8-9)10-3-5-13-6-4-10;/h7-8,10,13H,3-6H2,1-2H3;1H. The van der Waals surface area contributed by atoms with Crippen LogP contribution in [0.1, 0.15) is 29.9 Å². The number of halogens is 1. The van der Waals surface area contributed by atoms with Gasteiger partial charge in [-0.3, -0.25) is 0 Å². The molecule has 2 rings (SSSR count). The molecule has 1 N–H and O–H groups in total. The molecule has 0 spiro atoms. The lowest BCUT2D eigenvalue weighted by molar-refractivity contribution is 0.376. The first kappa shape index (κ1) is 13.3. The summed E-state index contributed by atoms with van der Waals surface area (Å²) in [6, 6.07) is 2.21. The van der Waals surface area contributed by atoms with E-state index in [1.807, 2.05) is 6.20 Å². The number of aromatic nitrogens is 1. The summed E-state index contributed by atoms with van der Waals surface area (Å²) < 4.78 is 5.32. The van der Waals surface area contributed by atoms with Crippen molar-refractivity contribution >= 4 is 12.4 Å². The van der Waals surface area contributed by atoms with Crippen molar-refractivity contribution in [3.63, 3.8) is 0 Å². The van der Waals surface area contributed by atoms with Gasteiger partial charge in [-0.2, -0.15) is 0 Å². The molecule has 0 unspecified atom stereocenters. The molecule has 0 bridgehead atoms. The normalized spacial score (nSPS) is 16.6. The van der Waals surface area contributed by atoms with E-state index in [1.54, 1.807) is 7.11 Å². The average Bonchev–Trinajstić information content (AvgIpc) is 2.30. The van der Waals surface area contributed by atoms with Crippen LogP contribution in [0.5, 0.6) is 5.88 Å². The van der Waals surface area contributed by atoms with Crippen molar-refractivity contribution < 1.29 is 4.74 Å². The number of nitrogens with one attached hydrogen (secondary N) is 1. The highest BCUT2D eigenvalue weighted by molar-refractivity contribution is 5.85. The van der Waals surface area contributed by atoms with Crippen LogP contribution in [-0.4, -0.2) is 25.2 Å². The lowest BCUT2D eigenvalue weighted by atomic mass is 9.90. The molecular formula is C12H19ClN2O. The fourth-order valence-corrected chi connectivity index (χ4v) is 2.18. The number of ether oxygens (including phenoxy) is 1. The Morgan fingerprint density at radius 3 is 2.69 bits per heavy atom. The van der Waals surface area contributed by atoms with E-state index in [1.165, 1.54) is 24.0 Å². The second kappa shape index (κ2) is 6.06. The third kappa shape index (κ3) is 2.86. The van der Waals surface area contributed by atoms with Gasteiger partial charge in [-0.25, -0.2) is 4.98 Å². The number of hydrogen-bond acceptors (Lipinski definition) is 3. The van der Waals surface area contributed by atoms with Gasteiger partial charge in [0.1, 0.15) is 0 Å². The quantitative estimate of drug-likeness (QED) is 0.864. The number of pyridine rings is 1. The van der Waals surface area contributed by atoms with E-state index in [9.17, 15) is 0 Å². The second-order valence-electron chi connectivity index (χ2n) is 4.14. The fourth-order valence-electron chi connectivity index (χ4n) is 2.18. The Morgan fingerprint density at radius 2 is 2.06 bits per heavy atom. The summed E-state index contributed by atoms with van der Waals surface area (Å²) in [5.41, 5.74) is 2.49. The molecule has 0 aliphatic carbocycles. The van der Waals surface area contributed by atoms with Gasteiger partial charge in [-0.1, -0.05) is 0 Å². The summed E-state index contributed by atoms with van der Waals surface area (Å²) in [6.07, 6.45) is 4.23. The summed E-state index contributed by atoms with van der Waals surface area (Å²) in [5.74, 6) is 1.40. The Labute approximate surface area is 103 Å². The molecule has 3 nitrogen and oxygen atoms in total. The molecular weight excluding hydrogens is 224 g/mol. The third-order valence-electron chi connectivity index (χ3n) is 2.99. The maximum atomic E-state index is 5.32. The van der Waals surface area contributed by atoms with Crippen molar-refractivity contribution in [3.05, 3.63) is 23.4 Å². The van der Waals surface area contributed by atoms with E-state index >= 15 is 0 Å². The summed E-state index contributed by atoms with van der Waals surface area (Å²) >= 11 is 0. The highest BCUT2D eigenvalue weighted by Crippen LogP contribution is 2.31. The molecule has 1 aliphatic heterocycles. The maximum absolute atomic E-state index is 5.32. The van der Waals surface area contributed by atoms with Crippen molar-refractivity contribution in [3.8, 4) is 5.88 Å². The van der Waals surface area contributed by atoms with Crippen molar-refractivity contribution in [1.29, 1.82) is 0 Å². The molecule has 4 heteroatoms. The van der Waals surface area contributed by atoms with E-state index < -0.39 is 0 Å². The number of methoxy groups -OCH3 is 1. The molecule has 1 aromatic rings. The number of hydrogen-bond donors (Lipinski definition) is 1. The van der Waals surface area contributed by atoms with Gasteiger partial charge in [0.25, 0.3) is 0 Å². The number of aryl methyl sites for hydroxylation is 1.